The molecule has 0 spiro atoms. The number of benzene rings is 2. The van der Waals surface area contributed by atoms with Gasteiger partial charge in [0.1, 0.15) is 6.54 Å². The van der Waals surface area contributed by atoms with E-state index in [9.17, 15) is 9.59 Å². The van der Waals surface area contributed by atoms with Gasteiger partial charge in [-0.2, -0.15) is 0 Å². The van der Waals surface area contributed by atoms with Crippen molar-refractivity contribution < 1.29 is 14.3 Å². The number of anilines is 1. The summed E-state index contributed by atoms with van der Waals surface area (Å²) in [4.78, 5) is 27.9. The molecule has 0 fully saturated rings. The molecule has 0 radical (unpaired) electrons. The number of para-hydroxylation sites is 3. The summed E-state index contributed by atoms with van der Waals surface area (Å²) < 4.78 is 6.67. The Hall–Kier alpha value is -2.86. The molecule has 24 heavy (non-hydrogen) atoms. The van der Waals surface area contributed by atoms with Crippen LogP contribution in [0.25, 0.3) is 11.0 Å². The minimum atomic E-state index is -0.521. The molecule has 0 saturated carbocycles. The zero-order valence-electron chi connectivity index (χ0n) is 12.6. The molecule has 6 nitrogen and oxygen atoms in total. The first-order chi connectivity index (χ1) is 11.6. The molecular weight excluding hydrogens is 330 g/mol. The van der Waals surface area contributed by atoms with Crippen LogP contribution in [-0.4, -0.2) is 28.0 Å². The standard InChI is InChI=1S/C17H14ClN3O3/c18-12-5-1-2-6-13(12)20-16(22)10-24-17(23)9-21-11-19-14-7-3-4-8-15(14)21/h1-8,11H,9-10H2,(H,20,22). The molecule has 0 aliphatic heterocycles. The number of nitrogens with zero attached hydrogens (tertiary/aromatic N) is 2. The number of amides is 1. The van der Waals surface area contributed by atoms with Crippen LogP contribution in [0.15, 0.2) is 54.9 Å². The van der Waals surface area contributed by atoms with Gasteiger partial charge in [0.2, 0.25) is 0 Å². The number of esters is 1. The van der Waals surface area contributed by atoms with Gasteiger partial charge in [0.25, 0.3) is 5.91 Å². The van der Waals surface area contributed by atoms with Gasteiger partial charge in [0.15, 0.2) is 6.61 Å². The Balaban J connectivity index is 1.54. The van der Waals surface area contributed by atoms with Crippen LogP contribution in [0.4, 0.5) is 5.69 Å². The van der Waals surface area contributed by atoms with Crippen molar-refractivity contribution in [1.29, 1.82) is 0 Å². The van der Waals surface area contributed by atoms with E-state index in [-0.39, 0.29) is 13.2 Å². The Kier molecular flexibility index (Phi) is 4.77. The van der Waals surface area contributed by atoms with E-state index in [1.807, 2.05) is 24.3 Å². The van der Waals surface area contributed by atoms with Crippen LogP contribution in [0.1, 0.15) is 0 Å². The van der Waals surface area contributed by atoms with Gasteiger partial charge in [-0.15, -0.1) is 0 Å². The second-order valence-corrected chi connectivity index (χ2v) is 5.46. The van der Waals surface area contributed by atoms with E-state index in [2.05, 4.69) is 10.3 Å². The summed E-state index contributed by atoms with van der Waals surface area (Å²) in [7, 11) is 0. The number of ether oxygens (including phenoxy) is 1. The molecule has 2 aromatic carbocycles. The highest BCUT2D eigenvalue weighted by molar-refractivity contribution is 6.33. The Morgan fingerprint density at radius 1 is 1.12 bits per heavy atom. The molecule has 0 aliphatic carbocycles. The summed E-state index contributed by atoms with van der Waals surface area (Å²) in [5, 5.41) is 3.01. The highest BCUT2D eigenvalue weighted by Gasteiger charge is 2.11. The number of halogens is 1. The Labute approximate surface area is 143 Å². The predicted octanol–water partition coefficient (Wildman–Crippen LogP) is 2.87. The zero-order valence-corrected chi connectivity index (χ0v) is 13.4. The van der Waals surface area contributed by atoms with Crippen molar-refractivity contribution in [1.82, 2.24) is 9.55 Å². The molecule has 3 aromatic rings. The predicted molar refractivity (Wildman–Crippen MR) is 90.8 cm³/mol. The van der Waals surface area contributed by atoms with E-state index in [1.54, 1.807) is 35.2 Å². The average Bonchev–Trinajstić information content (AvgIpc) is 2.98. The molecule has 0 saturated heterocycles. The van der Waals surface area contributed by atoms with Gasteiger partial charge in [-0.25, -0.2) is 4.98 Å². The number of fused-ring (bicyclic) bond motifs is 1. The van der Waals surface area contributed by atoms with E-state index in [1.165, 1.54) is 0 Å². The topological polar surface area (TPSA) is 73.2 Å². The number of nitrogens with one attached hydrogen (secondary N) is 1. The minimum absolute atomic E-state index is 0.0140. The average molecular weight is 344 g/mol. The number of carbonyl (C=O) groups excluding carboxylic acids is 2. The molecule has 1 amide bonds. The molecule has 1 N–H and O–H groups in total. The summed E-state index contributed by atoms with van der Waals surface area (Å²) in [6.07, 6.45) is 1.57. The normalized spacial score (nSPS) is 10.5. The number of hydrogen-bond donors (Lipinski definition) is 1. The SMILES string of the molecule is O=C(COC(=O)Cn1cnc2ccccc21)Nc1ccccc1Cl. The number of imidazole rings is 1. The van der Waals surface area contributed by atoms with Gasteiger partial charge in [0.05, 0.1) is 28.1 Å². The van der Waals surface area contributed by atoms with Crippen molar-refractivity contribution in [2.24, 2.45) is 0 Å². The van der Waals surface area contributed by atoms with Gasteiger partial charge in [-0.1, -0.05) is 35.9 Å². The molecule has 7 heteroatoms. The number of hydrogen-bond acceptors (Lipinski definition) is 4. The molecule has 3 rings (SSSR count). The fourth-order valence-electron chi connectivity index (χ4n) is 2.22. The Morgan fingerprint density at radius 2 is 1.88 bits per heavy atom. The van der Waals surface area contributed by atoms with Gasteiger partial charge < -0.3 is 14.6 Å². The summed E-state index contributed by atoms with van der Waals surface area (Å²) in [5.41, 5.74) is 2.09. The van der Waals surface area contributed by atoms with Crippen LogP contribution in [-0.2, 0) is 20.9 Å². The van der Waals surface area contributed by atoms with Crippen molar-refractivity contribution in [3.8, 4) is 0 Å². The van der Waals surface area contributed by atoms with Crippen LogP contribution in [0.2, 0.25) is 5.02 Å². The summed E-state index contributed by atoms with van der Waals surface area (Å²) in [6, 6.07) is 14.3. The first kappa shape index (κ1) is 16.0. The van der Waals surface area contributed by atoms with E-state index < -0.39 is 11.9 Å². The zero-order chi connectivity index (χ0) is 16.9. The highest BCUT2D eigenvalue weighted by atomic mass is 35.5. The second-order valence-electron chi connectivity index (χ2n) is 5.05. The molecule has 122 valence electrons. The summed E-state index contributed by atoms with van der Waals surface area (Å²) in [6.45, 7) is -0.392. The molecule has 0 aliphatic rings. The quantitative estimate of drug-likeness (QED) is 0.723. The third kappa shape index (κ3) is 3.72. The number of rotatable bonds is 5. The van der Waals surface area contributed by atoms with Crippen LogP contribution in [0.5, 0.6) is 0 Å². The third-order valence-corrected chi connectivity index (χ3v) is 3.67. The maximum absolute atomic E-state index is 11.9. The molecule has 1 heterocycles. The van der Waals surface area contributed by atoms with E-state index in [0.29, 0.717) is 10.7 Å². The molecular formula is C17H14ClN3O3. The minimum Gasteiger partial charge on any atom is -0.454 e. The lowest BCUT2D eigenvalue weighted by atomic mass is 10.3. The van der Waals surface area contributed by atoms with Crippen molar-refractivity contribution in [2.75, 3.05) is 11.9 Å². The monoisotopic (exact) mass is 343 g/mol. The number of carbonyl (C=O) groups is 2. The fourth-order valence-corrected chi connectivity index (χ4v) is 2.40. The second kappa shape index (κ2) is 7.14. The van der Waals surface area contributed by atoms with E-state index >= 15 is 0 Å². The maximum Gasteiger partial charge on any atom is 0.326 e. The van der Waals surface area contributed by atoms with Crippen molar-refractivity contribution >= 4 is 40.2 Å². The summed E-state index contributed by atoms with van der Waals surface area (Å²) in [5.74, 6) is -0.973. The van der Waals surface area contributed by atoms with Gasteiger partial charge in [-0.05, 0) is 24.3 Å². The van der Waals surface area contributed by atoms with Gasteiger partial charge >= 0.3 is 5.97 Å². The van der Waals surface area contributed by atoms with Crippen molar-refractivity contribution in [3.63, 3.8) is 0 Å². The smallest absolute Gasteiger partial charge is 0.326 e. The van der Waals surface area contributed by atoms with Crippen LogP contribution in [0, 0.1) is 0 Å². The van der Waals surface area contributed by atoms with Gasteiger partial charge in [-0.3, -0.25) is 9.59 Å². The first-order valence-electron chi connectivity index (χ1n) is 7.23. The van der Waals surface area contributed by atoms with Crippen LogP contribution >= 0.6 is 11.6 Å². The highest BCUT2D eigenvalue weighted by Crippen LogP contribution is 2.20. The van der Waals surface area contributed by atoms with Gasteiger partial charge in [0, 0.05) is 0 Å². The first-order valence-corrected chi connectivity index (χ1v) is 7.61. The lowest BCUT2D eigenvalue weighted by Crippen LogP contribution is -2.22. The largest absolute Gasteiger partial charge is 0.454 e. The molecule has 0 bridgehead atoms. The molecule has 0 atom stereocenters. The number of aromatic nitrogens is 2. The van der Waals surface area contributed by atoms with Crippen molar-refractivity contribution in [3.05, 3.63) is 59.9 Å². The van der Waals surface area contributed by atoms with Crippen LogP contribution in [0.3, 0.4) is 0 Å². The van der Waals surface area contributed by atoms with E-state index in [0.717, 1.165) is 11.0 Å². The lowest BCUT2D eigenvalue weighted by Gasteiger charge is -2.08. The fraction of sp³-hybridized carbons (Fsp3) is 0.118. The lowest BCUT2D eigenvalue weighted by molar-refractivity contribution is -0.147. The summed E-state index contributed by atoms with van der Waals surface area (Å²) >= 11 is 5.95. The third-order valence-electron chi connectivity index (χ3n) is 3.34. The Bertz CT molecular complexity index is 891. The maximum atomic E-state index is 11.9. The van der Waals surface area contributed by atoms with Crippen molar-refractivity contribution in [2.45, 2.75) is 6.54 Å². The van der Waals surface area contributed by atoms with Crippen LogP contribution < -0.4 is 5.32 Å². The van der Waals surface area contributed by atoms with E-state index in [4.69, 9.17) is 16.3 Å². The Morgan fingerprint density at radius 3 is 2.71 bits per heavy atom. The molecule has 0 unspecified atom stereocenters. The molecule has 1 aromatic heterocycles.